The summed E-state index contributed by atoms with van der Waals surface area (Å²) in [6.45, 7) is 0. The third-order valence-corrected chi connectivity index (χ3v) is 3.36. The zero-order valence-corrected chi connectivity index (χ0v) is 11.1. The molecule has 0 spiro atoms. The molecule has 0 saturated heterocycles. The molecule has 0 atom stereocenters. The fourth-order valence-corrected chi connectivity index (χ4v) is 1.99. The van der Waals surface area contributed by atoms with Crippen LogP contribution >= 0.6 is 23.2 Å². The van der Waals surface area contributed by atoms with Crippen LogP contribution < -0.4 is 4.74 Å². The zero-order valence-electron chi connectivity index (χ0n) is 9.61. The van der Waals surface area contributed by atoms with Gasteiger partial charge in [-0.3, -0.25) is 4.79 Å². The van der Waals surface area contributed by atoms with Crippen molar-refractivity contribution < 1.29 is 9.53 Å². The lowest BCUT2D eigenvalue weighted by Gasteiger charge is -2.08. The zero-order chi connectivity index (χ0) is 13.1. The Labute approximate surface area is 115 Å². The second-order valence-corrected chi connectivity index (χ2v) is 4.51. The summed E-state index contributed by atoms with van der Waals surface area (Å²) in [6.07, 6.45) is 0.792. The SMILES string of the molecule is COc1ccc(-c2ccc(Cl)c(Cl)c2)c(C=O)c1. The van der Waals surface area contributed by atoms with Crippen LogP contribution in [0.1, 0.15) is 10.4 Å². The van der Waals surface area contributed by atoms with Crippen molar-refractivity contribution in [3.8, 4) is 16.9 Å². The van der Waals surface area contributed by atoms with Gasteiger partial charge in [0.25, 0.3) is 0 Å². The van der Waals surface area contributed by atoms with Gasteiger partial charge in [0.05, 0.1) is 17.2 Å². The fourth-order valence-electron chi connectivity index (χ4n) is 1.69. The topological polar surface area (TPSA) is 26.3 Å². The first kappa shape index (κ1) is 12.9. The van der Waals surface area contributed by atoms with Crippen molar-refractivity contribution in [1.29, 1.82) is 0 Å². The average molecular weight is 281 g/mol. The van der Waals surface area contributed by atoms with E-state index in [-0.39, 0.29) is 0 Å². The van der Waals surface area contributed by atoms with Crippen molar-refractivity contribution in [1.82, 2.24) is 0 Å². The van der Waals surface area contributed by atoms with Gasteiger partial charge in [-0.1, -0.05) is 29.3 Å². The normalized spacial score (nSPS) is 10.2. The number of hydrogen-bond donors (Lipinski definition) is 0. The third kappa shape index (κ3) is 2.50. The highest BCUT2D eigenvalue weighted by molar-refractivity contribution is 6.42. The van der Waals surface area contributed by atoms with Crippen LogP contribution in [-0.2, 0) is 0 Å². The first-order valence-electron chi connectivity index (χ1n) is 5.24. The standard InChI is InChI=1S/C14H10Cl2O2/c1-18-11-3-4-12(10(6-11)8-17)9-2-5-13(15)14(16)7-9/h2-8H,1H3. The van der Waals surface area contributed by atoms with Crippen molar-refractivity contribution in [3.63, 3.8) is 0 Å². The van der Waals surface area contributed by atoms with Gasteiger partial charge in [0.15, 0.2) is 6.29 Å². The lowest BCUT2D eigenvalue weighted by Crippen LogP contribution is -1.90. The molecule has 2 aromatic carbocycles. The Hall–Kier alpha value is -1.51. The molecule has 4 heteroatoms. The quantitative estimate of drug-likeness (QED) is 0.775. The van der Waals surface area contributed by atoms with E-state index < -0.39 is 0 Å². The Balaban J connectivity index is 2.55. The number of ether oxygens (including phenoxy) is 1. The molecule has 0 aliphatic rings. The highest BCUT2D eigenvalue weighted by Gasteiger charge is 2.08. The second kappa shape index (κ2) is 5.42. The molecule has 0 unspecified atom stereocenters. The van der Waals surface area contributed by atoms with E-state index in [4.69, 9.17) is 27.9 Å². The van der Waals surface area contributed by atoms with Crippen molar-refractivity contribution in [3.05, 3.63) is 52.0 Å². The number of carbonyl (C=O) groups is 1. The highest BCUT2D eigenvalue weighted by Crippen LogP contribution is 2.31. The number of aldehydes is 1. The summed E-state index contributed by atoms with van der Waals surface area (Å²) in [5.41, 5.74) is 2.19. The Morgan fingerprint density at radius 3 is 2.44 bits per heavy atom. The van der Waals surface area contributed by atoms with E-state index in [2.05, 4.69) is 0 Å². The van der Waals surface area contributed by atoms with Crippen LogP contribution in [-0.4, -0.2) is 13.4 Å². The van der Waals surface area contributed by atoms with Crippen LogP contribution in [0.5, 0.6) is 5.75 Å². The molecule has 0 aromatic heterocycles. The average Bonchev–Trinajstić information content (AvgIpc) is 2.41. The molecule has 0 fully saturated rings. The minimum absolute atomic E-state index is 0.460. The van der Waals surface area contributed by atoms with Crippen molar-refractivity contribution >= 4 is 29.5 Å². The molecular formula is C14H10Cl2O2. The Morgan fingerprint density at radius 2 is 1.83 bits per heavy atom. The van der Waals surface area contributed by atoms with Gasteiger partial charge in [-0.05, 0) is 41.5 Å². The van der Waals surface area contributed by atoms with Gasteiger partial charge in [0, 0.05) is 5.56 Å². The van der Waals surface area contributed by atoms with E-state index in [1.807, 2.05) is 12.1 Å². The molecule has 2 nitrogen and oxygen atoms in total. The molecule has 18 heavy (non-hydrogen) atoms. The Kier molecular flexibility index (Phi) is 3.90. The third-order valence-electron chi connectivity index (χ3n) is 2.62. The lowest BCUT2D eigenvalue weighted by atomic mass is 10.0. The molecule has 92 valence electrons. The molecule has 0 bridgehead atoms. The van der Waals surface area contributed by atoms with E-state index in [1.165, 1.54) is 0 Å². The second-order valence-electron chi connectivity index (χ2n) is 3.70. The summed E-state index contributed by atoms with van der Waals surface area (Å²) < 4.78 is 5.08. The van der Waals surface area contributed by atoms with Crippen molar-refractivity contribution in [2.75, 3.05) is 7.11 Å². The molecule has 0 aliphatic heterocycles. The maximum Gasteiger partial charge on any atom is 0.150 e. The summed E-state index contributed by atoms with van der Waals surface area (Å²) in [6, 6.07) is 10.6. The minimum Gasteiger partial charge on any atom is -0.497 e. The van der Waals surface area contributed by atoms with Crippen LogP contribution in [0.4, 0.5) is 0 Å². The molecule has 0 saturated carbocycles. The van der Waals surface area contributed by atoms with Crippen LogP contribution in [0.25, 0.3) is 11.1 Å². The number of carbonyl (C=O) groups excluding carboxylic acids is 1. The smallest absolute Gasteiger partial charge is 0.150 e. The molecule has 0 radical (unpaired) electrons. The van der Waals surface area contributed by atoms with Gasteiger partial charge in [-0.25, -0.2) is 0 Å². The van der Waals surface area contributed by atoms with Gasteiger partial charge in [0.1, 0.15) is 5.75 Å². The number of halogens is 2. The van der Waals surface area contributed by atoms with Crippen LogP contribution in [0, 0.1) is 0 Å². The monoisotopic (exact) mass is 280 g/mol. The van der Waals surface area contributed by atoms with Gasteiger partial charge in [-0.15, -0.1) is 0 Å². The van der Waals surface area contributed by atoms with Crippen LogP contribution in [0.2, 0.25) is 10.0 Å². The highest BCUT2D eigenvalue weighted by atomic mass is 35.5. The molecule has 2 aromatic rings. The predicted molar refractivity (Wildman–Crippen MR) is 73.8 cm³/mol. The summed E-state index contributed by atoms with van der Waals surface area (Å²) in [7, 11) is 1.56. The van der Waals surface area contributed by atoms with Crippen molar-refractivity contribution in [2.45, 2.75) is 0 Å². The molecule has 0 N–H and O–H groups in total. The number of methoxy groups -OCH3 is 1. The van der Waals surface area contributed by atoms with E-state index in [1.54, 1.807) is 31.4 Å². The number of benzene rings is 2. The van der Waals surface area contributed by atoms with Crippen LogP contribution in [0.3, 0.4) is 0 Å². The molecule has 0 amide bonds. The first-order valence-corrected chi connectivity index (χ1v) is 6.00. The van der Waals surface area contributed by atoms with Gasteiger partial charge < -0.3 is 4.74 Å². The van der Waals surface area contributed by atoms with Gasteiger partial charge >= 0.3 is 0 Å². The number of rotatable bonds is 3. The molecular weight excluding hydrogens is 271 g/mol. The summed E-state index contributed by atoms with van der Waals surface area (Å²) in [5.74, 6) is 0.640. The lowest BCUT2D eigenvalue weighted by molar-refractivity contribution is 0.112. The number of hydrogen-bond acceptors (Lipinski definition) is 2. The summed E-state index contributed by atoms with van der Waals surface area (Å²) >= 11 is 11.8. The van der Waals surface area contributed by atoms with E-state index >= 15 is 0 Å². The van der Waals surface area contributed by atoms with Crippen molar-refractivity contribution in [2.24, 2.45) is 0 Å². The largest absolute Gasteiger partial charge is 0.497 e. The molecule has 0 heterocycles. The fraction of sp³-hybridized carbons (Fsp3) is 0.0714. The first-order chi connectivity index (χ1) is 8.65. The maximum atomic E-state index is 11.1. The van der Waals surface area contributed by atoms with E-state index in [9.17, 15) is 4.79 Å². The van der Waals surface area contributed by atoms with Gasteiger partial charge in [-0.2, -0.15) is 0 Å². The summed E-state index contributed by atoms with van der Waals surface area (Å²) in [5, 5.41) is 0.948. The minimum atomic E-state index is 0.460. The Morgan fingerprint density at radius 1 is 1.06 bits per heavy atom. The van der Waals surface area contributed by atoms with Crippen LogP contribution in [0.15, 0.2) is 36.4 Å². The predicted octanol–water partition coefficient (Wildman–Crippen LogP) is 4.48. The van der Waals surface area contributed by atoms with E-state index in [0.717, 1.165) is 17.4 Å². The maximum absolute atomic E-state index is 11.1. The molecule has 0 aliphatic carbocycles. The Bertz CT molecular complexity index is 594. The van der Waals surface area contributed by atoms with E-state index in [0.29, 0.717) is 21.4 Å². The summed E-state index contributed by atoms with van der Waals surface area (Å²) in [4.78, 5) is 11.1. The van der Waals surface area contributed by atoms with Gasteiger partial charge in [0.2, 0.25) is 0 Å². The molecule has 2 rings (SSSR count).